The Morgan fingerprint density at radius 2 is 1.85 bits per heavy atom. The highest BCUT2D eigenvalue weighted by Crippen LogP contribution is 2.34. The van der Waals surface area contributed by atoms with Crippen LogP contribution in [-0.2, 0) is 4.79 Å². The first kappa shape index (κ1) is 20.1. The molecule has 0 saturated carbocycles. The number of hydrogen-bond donors (Lipinski definition) is 1. The van der Waals surface area contributed by atoms with E-state index in [1.165, 1.54) is 6.08 Å². The van der Waals surface area contributed by atoms with Gasteiger partial charge in [-0.1, -0.05) is 40.9 Å². The zero-order chi connectivity index (χ0) is 19.3. The normalized spacial score (nSPS) is 11.0. The van der Waals surface area contributed by atoms with E-state index in [0.717, 1.165) is 5.56 Å². The van der Waals surface area contributed by atoms with E-state index in [9.17, 15) is 10.1 Å². The summed E-state index contributed by atoms with van der Waals surface area (Å²) in [6, 6.07) is 10.1. The SMILES string of the molecule is CCOc1c(Cl)cc(/C=C(/C#N)C(=O)Nc2ccc(C)c(Cl)c2)cc1Cl. The molecule has 2 aromatic carbocycles. The fourth-order valence-corrected chi connectivity index (χ4v) is 2.92. The van der Waals surface area contributed by atoms with Gasteiger partial charge >= 0.3 is 0 Å². The maximum absolute atomic E-state index is 12.3. The summed E-state index contributed by atoms with van der Waals surface area (Å²) in [4.78, 5) is 12.3. The van der Waals surface area contributed by atoms with Crippen LogP contribution >= 0.6 is 34.8 Å². The number of benzene rings is 2. The van der Waals surface area contributed by atoms with Crippen LogP contribution in [0.15, 0.2) is 35.9 Å². The standard InChI is InChI=1S/C19H15Cl3N2O2/c1-3-26-18-16(21)7-12(8-17(18)22)6-13(10-23)19(25)24-14-5-4-11(2)15(20)9-14/h4-9H,3H2,1-2H3,(H,24,25)/b13-6-. The zero-order valence-electron chi connectivity index (χ0n) is 14.1. The fourth-order valence-electron chi connectivity index (χ4n) is 2.13. The lowest BCUT2D eigenvalue weighted by molar-refractivity contribution is -0.112. The zero-order valence-corrected chi connectivity index (χ0v) is 16.3. The Morgan fingerprint density at radius 1 is 1.19 bits per heavy atom. The van der Waals surface area contributed by atoms with Crippen LogP contribution in [0.25, 0.3) is 6.08 Å². The molecule has 0 spiro atoms. The van der Waals surface area contributed by atoms with Gasteiger partial charge in [-0.25, -0.2) is 0 Å². The summed E-state index contributed by atoms with van der Waals surface area (Å²) >= 11 is 18.3. The quantitative estimate of drug-likeness (QED) is 0.494. The Morgan fingerprint density at radius 3 is 2.38 bits per heavy atom. The molecular weight excluding hydrogens is 395 g/mol. The molecule has 1 amide bonds. The molecule has 0 aromatic heterocycles. The molecule has 0 atom stereocenters. The lowest BCUT2D eigenvalue weighted by atomic mass is 10.1. The smallest absolute Gasteiger partial charge is 0.266 e. The molecule has 1 N–H and O–H groups in total. The van der Waals surface area contributed by atoms with Crippen LogP contribution in [-0.4, -0.2) is 12.5 Å². The summed E-state index contributed by atoms with van der Waals surface area (Å²) < 4.78 is 5.36. The molecule has 0 radical (unpaired) electrons. The Kier molecular flexibility index (Phi) is 6.93. The maximum atomic E-state index is 12.3. The second-order valence-electron chi connectivity index (χ2n) is 5.33. The predicted octanol–water partition coefficient (Wildman–Crippen LogP) is 5.90. The molecule has 0 aliphatic heterocycles. The lowest BCUT2D eigenvalue weighted by Crippen LogP contribution is -2.13. The van der Waals surface area contributed by atoms with Crippen molar-refractivity contribution >= 4 is 52.5 Å². The molecule has 7 heteroatoms. The molecule has 2 rings (SSSR count). The van der Waals surface area contributed by atoms with Gasteiger partial charge < -0.3 is 10.1 Å². The van der Waals surface area contributed by atoms with Crippen molar-refractivity contribution in [3.8, 4) is 11.8 Å². The van der Waals surface area contributed by atoms with E-state index in [0.29, 0.717) is 38.7 Å². The van der Waals surface area contributed by atoms with Crippen molar-refractivity contribution < 1.29 is 9.53 Å². The average Bonchev–Trinajstić information content (AvgIpc) is 2.59. The number of carbonyl (C=O) groups is 1. The molecule has 0 bridgehead atoms. The molecule has 26 heavy (non-hydrogen) atoms. The third kappa shape index (κ3) is 4.92. The Hall–Kier alpha value is -2.19. The summed E-state index contributed by atoms with van der Waals surface area (Å²) in [5.41, 5.74) is 1.80. The number of nitrogens with one attached hydrogen (secondary N) is 1. The Bertz CT molecular complexity index is 894. The van der Waals surface area contributed by atoms with Crippen molar-refractivity contribution in [3.63, 3.8) is 0 Å². The van der Waals surface area contributed by atoms with Crippen LogP contribution in [0.5, 0.6) is 5.75 Å². The van der Waals surface area contributed by atoms with E-state index in [1.54, 1.807) is 30.3 Å². The highest BCUT2D eigenvalue weighted by molar-refractivity contribution is 6.37. The van der Waals surface area contributed by atoms with E-state index in [2.05, 4.69) is 5.32 Å². The summed E-state index contributed by atoms with van der Waals surface area (Å²) in [5.74, 6) is -0.196. The average molecular weight is 410 g/mol. The summed E-state index contributed by atoms with van der Waals surface area (Å²) in [6.07, 6.45) is 1.40. The number of halogens is 3. The molecule has 0 saturated heterocycles. The van der Waals surface area contributed by atoms with Gasteiger partial charge in [-0.05, 0) is 55.3 Å². The molecule has 0 aliphatic rings. The van der Waals surface area contributed by atoms with E-state index < -0.39 is 5.91 Å². The minimum absolute atomic E-state index is 0.0991. The third-order valence-electron chi connectivity index (χ3n) is 3.42. The molecule has 0 unspecified atom stereocenters. The second kappa shape index (κ2) is 8.95. The van der Waals surface area contributed by atoms with Gasteiger partial charge in [0, 0.05) is 10.7 Å². The molecular formula is C19H15Cl3N2O2. The highest BCUT2D eigenvalue weighted by atomic mass is 35.5. The van der Waals surface area contributed by atoms with Crippen molar-refractivity contribution in [2.45, 2.75) is 13.8 Å². The number of carbonyl (C=O) groups excluding carboxylic acids is 1. The van der Waals surface area contributed by atoms with Crippen molar-refractivity contribution in [2.24, 2.45) is 0 Å². The molecule has 134 valence electrons. The van der Waals surface area contributed by atoms with Gasteiger partial charge in [0.1, 0.15) is 11.6 Å². The molecule has 4 nitrogen and oxygen atoms in total. The maximum Gasteiger partial charge on any atom is 0.266 e. The minimum atomic E-state index is -0.562. The van der Waals surface area contributed by atoms with Gasteiger partial charge in [0.05, 0.1) is 16.7 Å². The van der Waals surface area contributed by atoms with E-state index >= 15 is 0 Å². The van der Waals surface area contributed by atoms with Gasteiger partial charge in [0.15, 0.2) is 5.75 Å². The van der Waals surface area contributed by atoms with E-state index in [-0.39, 0.29) is 5.57 Å². The summed E-state index contributed by atoms with van der Waals surface area (Å²) in [7, 11) is 0. The number of ether oxygens (including phenoxy) is 1. The van der Waals surface area contributed by atoms with Crippen LogP contribution < -0.4 is 10.1 Å². The Balaban J connectivity index is 2.28. The van der Waals surface area contributed by atoms with E-state index in [1.807, 2.05) is 19.9 Å². The number of hydrogen-bond acceptors (Lipinski definition) is 3. The van der Waals surface area contributed by atoms with Crippen LogP contribution in [0.4, 0.5) is 5.69 Å². The van der Waals surface area contributed by atoms with Gasteiger partial charge in [0.25, 0.3) is 5.91 Å². The van der Waals surface area contributed by atoms with Gasteiger partial charge in [-0.2, -0.15) is 5.26 Å². The number of aryl methyl sites for hydroxylation is 1. The first-order valence-electron chi connectivity index (χ1n) is 7.66. The Labute approximate surface area is 166 Å². The highest BCUT2D eigenvalue weighted by Gasteiger charge is 2.13. The summed E-state index contributed by atoms with van der Waals surface area (Å²) in [6.45, 7) is 4.09. The number of anilines is 1. The number of nitrogens with zero attached hydrogens (tertiary/aromatic N) is 1. The van der Waals surface area contributed by atoms with Crippen molar-refractivity contribution in [1.82, 2.24) is 0 Å². The van der Waals surface area contributed by atoms with Crippen LogP contribution in [0.3, 0.4) is 0 Å². The second-order valence-corrected chi connectivity index (χ2v) is 6.56. The first-order valence-corrected chi connectivity index (χ1v) is 8.80. The van der Waals surface area contributed by atoms with Crippen molar-refractivity contribution in [3.05, 3.63) is 62.1 Å². The van der Waals surface area contributed by atoms with Crippen LogP contribution in [0.2, 0.25) is 15.1 Å². The number of nitriles is 1. The van der Waals surface area contributed by atoms with Gasteiger partial charge in [-0.15, -0.1) is 0 Å². The van der Waals surface area contributed by atoms with Gasteiger partial charge in [0.2, 0.25) is 0 Å². The molecule has 0 heterocycles. The lowest BCUT2D eigenvalue weighted by Gasteiger charge is -2.09. The fraction of sp³-hybridized carbons (Fsp3) is 0.158. The molecule has 0 aliphatic carbocycles. The number of amides is 1. The summed E-state index contributed by atoms with van der Waals surface area (Å²) in [5, 5.41) is 13.1. The topological polar surface area (TPSA) is 62.1 Å². The third-order valence-corrected chi connectivity index (χ3v) is 4.38. The number of rotatable bonds is 5. The predicted molar refractivity (Wildman–Crippen MR) is 106 cm³/mol. The van der Waals surface area contributed by atoms with Crippen LogP contribution in [0.1, 0.15) is 18.1 Å². The minimum Gasteiger partial charge on any atom is -0.491 e. The van der Waals surface area contributed by atoms with Crippen LogP contribution in [0, 0.1) is 18.3 Å². The van der Waals surface area contributed by atoms with Gasteiger partial charge in [-0.3, -0.25) is 4.79 Å². The largest absolute Gasteiger partial charge is 0.491 e. The monoisotopic (exact) mass is 408 g/mol. The van der Waals surface area contributed by atoms with E-state index in [4.69, 9.17) is 39.5 Å². The van der Waals surface area contributed by atoms with Crippen molar-refractivity contribution in [1.29, 1.82) is 5.26 Å². The molecule has 2 aromatic rings. The first-order chi connectivity index (χ1) is 12.3. The molecule has 0 fully saturated rings. The van der Waals surface area contributed by atoms with Crippen molar-refractivity contribution in [2.75, 3.05) is 11.9 Å².